The molecule has 3 rings (SSSR count). The third-order valence-corrected chi connectivity index (χ3v) is 3.13. The number of imidazole rings is 1. The van der Waals surface area contributed by atoms with Gasteiger partial charge in [-0.3, -0.25) is 0 Å². The fourth-order valence-corrected chi connectivity index (χ4v) is 2.12. The second-order valence-electron chi connectivity index (χ2n) is 4.54. The number of aromatic nitrogens is 4. The molecule has 4 N–H and O–H groups in total. The van der Waals surface area contributed by atoms with Crippen molar-refractivity contribution in [3.05, 3.63) is 53.3 Å². The zero-order chi connectivity index (χ0) is 15.5. The fourth-order valence-electron chi connectivity index (χ4n) is 1.93. The SMILES string of the molecule is Nc1nc(Cl)cc(NCc2ncc(-c3ccc(F)cc3)[nH]2)n1. The molecule has 0 fully saturated rings. The van der Waals surface area contributed by atoms with Gasteiger partial charge >= 0.3 is 0 Å². The van der Waals surface area contributed by atoms with Gasteiger partial charge in [-0.1, -0.05) is 11.6 Å². The Bertz CT molecular complexity index is 766. The van der Waals surface area contributed by atoms with Crippen molar-refractivity contribution in [1.29, 1.82) is 0 Å². The number of hydrogen-bond donors (Lipinski definition) is 3. The van der Waals surface area contributed by atoms with Gasteiger partial charge in [-0.25, -0.2) is 14.4 Å². The highest BCUT2D eigenvalue weighted by molar-refractivity contribution is 6.29. The standard InChI is InChI=1S/C14H12ClFN6/c15-11-5-12(22-14(17)21-11)19-7-13-18-6-10(20-13)8-1-3-9(16)4-2-8/h1-6H,7H2,(H,18,20)(H3,17,19,21,22). The summed E-state index contributed by atoms with van der Waals surface area (Å²) in [4.78, 5) is 15.2. The maximum Gasteiger partial charge on any atom is 0.223 e. The summed E-state index contributed by atoms with van der Waals surface area (Å²) in [7, 11) is 0. The van der Waals surface area contributed by atoms with Crippen molar-refractivity contribution in [1.82, 2.24) is 19.9 Å². The molecule has 2 aromatic heterocycles. The average molecular weight is 319 g/mol. The van der Waals surface area contributed by atoms with Crippen LogP contribution in [0.2, 0.25) is 5.15 Å². The molecule has 0 aliphatic rings. The van der Waals surface area contributed by atoms with Crippen LogP contribution in [0, 0.1) is 5.82 Å². The molecule has 0 unspecified atom stereocenters. The quantitative estimate of drug-likeness (QED) is 0.643. The summed E-state index contributed by atoms with van der Waals surface area (Å²) in [6, 6.07) is 7.75. The highest BCUT2D eigenvalue weighted by Gasteiger charge is 2.05. The van der Waals surface area contributed by atoms with E-state index in [2.05, 4.69) is 25.3 Å². The monoisotopic (exact) mass is 318 g/mol. The van der Waals surface area contributed by atoms with E-state index in [-0.39, 0.29) is 16.9 Å². The second-order valence-corrected chi connectivity index (χ2v) is 4.93. The van der Waals surface area contributed by atoms with Gasteiger partial charge in [0.25, 0.3) is 0 Å². The van der Waals surface area contributed by atoms with Crippen molar-refractivity contribution in [3.63, 3.8) is 0 Å². The van der Waals surface area contributed by atoms with E-state index in [1.54, 1.807) is 24.4 Å². The van der Waals surface area contributed by atoms with Crippen LogP contribution in [0.5, 0.6) is 0 Å². The highest BCUT2D eigenvalue weighted by atomic mass is 35.5. The van der Waals surface area contributed by atoms with Gasteiger partial charge < -0.3 is 16.0 Å². The molecular weight excluding hydrogens is 307 g/mol. The molecule has 3 aromatic rings. The minimum atomic E-state index is -0.275. The summed E-state index contributed by atoms with van der Waals surface area (Å²) in [5.41, 5.74) is 7.18. The fraction of sp³-hybridized carbons (Fsp3) is 0.0714. The van der Waals surface area contributed by atoms with Gasteiger partial charge in [-0.15, -0.1) is 0 Å². The largest absolute Gasteiger partial charge is 0.368 e. The molecule has 0 spiro atoms. The molecule has 6 nitrogen and oxygen atoms in total. The van der Waals surface area contributed by atoms with Crippen LogP contribution >= 0.6 is 11.6 Å². The predicted molar refractivity (Wildman–Crippen MR) is 82.8 cm³/mol. The molecule has 0 saturated heterocycles. The average Bonchev–Trinajstić information content (AvgIpc) is 2.94. The molecular formula is C14H12ClFN6. The lowest BCUT2D eigenvalue weighted by molar-refractivity contribution is 0.628. The first-order valence-electron chi connectivity index (χ1n) is 6.44. The molecule has 0 aliphatic carbocycles. The summed E-state index contributed by atoms with van der Waals surface area (Å²) in [5.74, 6) is 1.04. The summed E-state index contributed by atoms with van der Waals surface area (Å²) in [6.07, 6.45) is 1.69. The number of rotatable bonds is 4. The summed E-state index contributed by atoms with van der Waals surface area (Å²) in [6.45, 7) is 0.411. The van der Waals surface area contributed by atoms with Crippen LogP contribution in [0.25, 0.3) is 11.3 Å². The van der Waals surface area contributed by atoms with E-state index in [4.69, 9.17) is 17.3 Å². The zero-order valence-electron chi connectivity index (χ0n) is 11.3. The van der Waals surface area contributed by atoms with Gasteiger partial charge in [-0.05, 0) is 29.8 Å². The maximum atomic E-state index is 12.9. The van der Waals surface area contributed by atoms with Gasteiger partial charge in [0.2, 0.25) is 5.95 Å². The first-order chi connectivity index (χ1) is 10.6. The van der Waals surface area contributed by atoms with E-state index in [0.717, 1.165) is 11.3 Å². The van der Waals surface area contributed by atoms with Crippen LogP contribution in [0.3, 0.4) is 0 Å². The predicted octanol–water partition coefficient (Wildman–Crippen LogP) is 2.85. The minimum Gasteiger partial charge on any atom is -0.368 e. The molecule has 0 radical (unpaired) electrons. The van der Waals surface area contributed by atoms with Crippen LogP contribution in [0.1, 0.15) is 5.82 Å². The Morgan fingerprint density at radius 3 is 2.73 bits per heavy atom. The Hall–Kier alpha value is -2.67. The topological polar surface area (TPSA) is 92.5 Å². The molecule has 0 amide bonds. The number of nitrogens with zero attached hydrogens (tertiary/aromatic N) is 3. The number of nitrogen functional groups attached to an aromatic ring is 1. The van der Waals surface area contributed by atoms with E-state index < -0.39 is 0 Å². The Labute approximate surface area is 130 Å². The summed E-state index contributed by atoms with van der Waals surface area (Å²) < 4.78 is 12.9. The van der Waals surface area contributed by atoms with Crippen molar-refractivity contribution >= 4 is 23.4 Å². The smallest absolute Gasteiger partial charge is 0.223 e. The van der Waals surface area contributed by atoms with Crippen molar-refractivity contribution in [2.24, 2.45) is 0 Å². The van der Waals surface area contributed by atoms with E-state index in [0.29, 0.717) is 18.2 Å². The highest BCUT2D eigenvalue weighted by Crippen LogP contribution is 2.18. The van der Waals surface area contributed by atoms with Gasteiger partial charge in [0.15, 0.2) is 0 Å². The van der Waals surface area contributed by atoms with Gasteiger partial charge in [0.05, 0.1) is 18.4 Å². The van der Waals surface area contributed by atoms with Gasteiger partial charge in [-0.2, -0.15) is 4.98 Å². The van der Waals surface area contributed by atoms with Crippen molar-refractivity contribution in [2.75, 3.05) is 11.1 Å². The summed E-state index contributed by atoms with van der Waals surface area (Å²) in [5, 5.41) is 3.31. The number of nitrogens with one attached hydrogen (secondary N) is 2. The van der Waals surface area contributed by atoms with E-state index in [9.17, 15) is 4.39 Å². The number of benzene rings is 1. The minimum absolute atomic E-state index is 0.0986. The number of hydrogen-bond acceptors (Lipinski definition) is 5. The van der Waals surface area contributed by atoms with E-state index >= 15 is 0 Å². The van der Waals surface area contributed by atoms with E-state index in [1.807, 2.05) is 0 Å². The van der Waals surface area contributed by atoms with Crippen LogP contribution in [-0.2, 0) is 6.54 Å². The molecule has 8 heteroatoms. The Kier molecular flexibility index (Phi) is 3.88. The molecule has 0 atom stereocenters. The third kappa shape index (κ3) is 3.32. The molecule has 1 aromatic carbocycles. The number of halogens is 2. The van der Waals surface area contributed by atoms with Crippen molar-refractivity contribution in [2.45, 2.75) is 6.54 Å². The van der Waals surface area contributed by atoms with Crippen LogP contribution < -0.4 is 11.1 Å². The normalized spacial score (nSPS) is 10.6. The van der Waals surface area contributed by atoms with E-state index in [1.165, 1.54) is 12.1 Å². The first-order valence-corrected chi connectivity index (χ1v) is 6.82. The third-order valence-electron chi connectivity index (χ3n) is 2.93. The molecule has 112 valence electrons. The van der Waals surface area contributed by atoms with Crippen LogP contribution in [-0.4, -0.2) is 19.9 Å². The van der Waals surface area contributed by atoms with Crippen molar-refractivity contribution < 1.29 is 4.39 Å². The molecule has 22 heavy (non-hydrogen) atoms. The molecule has 2 heterocycles. The molecule has 0 bridgehead atoms. The zero-order valence-corrected chi connectivity index (χ0v) is 12.1. The Morgan fingerprint density at radius 2 is 2.00 bits per heavy atom. The number of nitrogens with two attached hydrogens (primary N) is 1. The number of H-pyrrole nitrogens is 1. The Morgan fingerprint density at radius 1 is 1.23 bits per heavy atom. The number of anilines is 2. The summed E-state index contributed by atoms with van der Waals surface area (Å²) >= 11 is 5.80. The van der Waals surface area contributed by atoms with Gasteiger partial charge in [0.1, 0.15) is 22.6 Å². The lowest BCUT2D eigenvalue weighted by atomic mass is 10.2. The molecule has 0 saturated carbocycles. The maximum absolute atomic E-state index is 12.9. The lowest BCUT2D eigenvalue weighted by Gasteiger charge is -2.04. The van der Waals surface area contributed by atoms with Gasteiger partial charge in [0, 0.05) is 6.07 Å². The number of aromatic amines is 1. The molecule has 0 aliphatic heterocycles. The Balaban J connectivity index is 1.70. The lowest BCUT2D eigenvalue weighted by Crippen LogP contribution is -2.05. The van der Waals surface area contributed by atoms with Crippen LogP contribution in [0.15, 0.2) is 36.5 Å². The van der Waals surface area contributed by atoms with Crippen molar-refractivity contribution in [3.8, 4) is 11.3 Å². The second kappa shape index (κ2) is 5.98. The van der Waals surface area contributed by atoms with Crippen LogP contribution in [0.4, 0.5) is 16.2 Å². The first kappa shape index (κ1) is 14.3.